The fraction of sp³-hybridized carbons (Fsp3) is 0.600. The van der Waals surface area contributed by atoms with Gasteiger partial charge in [-0.25, -0.2) is 0 Å². The molecule has 0 aromatic carbocycles. The number of terminal acetylenes is 1. The molecule has 0 radical (unpaired) electrons. The van der Waals surface area contributed by atoms with Crippen molar-refractivity contribution in [3.05, 3.63) is 11.6 Å². The van der Waals surface area contributed by atoms with Gasteiger partial charge in [0.2, 0.25) is 5.82 Å². The largest absolute Gasteiger partial charge is 0.451 e. The first-order chi connectivity index (χ1) is 8.02. The molecule has 0 aliphatic carbocycles. The van der Waals surface area contributed by atoms with Gasteiger partial charge in [-0.05, 0) is 0 Å². The minimum Gasteiger partial charge on any atom is -0.305 e. The lowest BCUT2D eigenvalue weighted by Crippen LogP contribution is -2.35. The van der Waals surface area contributed by atoms with Crippen LogP contribution in [0.25, 0.3) is 0 Å². The topological polar surface area (TPSA) is 34.0 Å². The lowest BCUT2D eigenvalue weighted by molar-refractivity contribution is -0.148. The van der Waals surface area contributed by atoms with Crippen molar-refractivity contribution in [2.75, 3.05) is 13.1 Å². The zero-order chi connectivity index (χ0) is 12.5. The number of alkyl halides is 3. The van der Waals surface area contributed by atoms with E-state index in [-0.39, 0.29) is 6.54 Å². The summed E-state index contributed by atoms with van der Waals surface area (Å²) in [6, 6.07) is 0. The first kappa shape index (κ1) is 11.9. The maximum atomic E-state index is 12.5. The zero-order valence-corrected chi connectivity index (χ0v) is 9.04. The molecule has 0 fully saturated rings. The number of hydrogen-bond acceptors (Lipinski definition) is 3. The third kappa shape index (κ3) is 2.42. The van der Waals surface area contributed by atoms with Crippen molar-refractivity contribution in [1.82, 2.24) is 19.7 Å². The first-order valence-electron chi connectivity index (χ1n) is 5.17. The van der Waals surface area contributed by atoms with Gasteiger partial charge in [0.1, 0.15) is 5.82 Å². The van der Waals surface area contributed by atoms with Crippen molar-refractivity contribution < 1.29 is 13.2 Å². The Hall–Kier alpha value is -1.55. The van der Waals surface area contributed by atoms with Gasteiger partial charge in [0.15, 0.2) is 0 Å². The summed E-state index contributed by atoms with van der Waals surface area (Å²) >= 11 is 0. The Morgan fingerprint density at radius 2 is 2.06 bits per heavy atom. The minimum atomic E-state index is -4.44. The van der Waals surface area contributed by atoms with Crippen LogP contribution in [0.5, 0.6) is 0 Å². The molecule has 4 nitrogen and oxygen atoms in total. The SMILES string of the molecule is C#CCCN1CCn2c(nnc2C(F)(F)F)C1. The summed E-state index contributed by atoms with van der Waals surface area (Å²) in [4.78, 5) is 1.98. The molecule has 0 spiro atoms. The lowest BCUT2D eigenvalue weighted by Gasteiger charge is -2.27. The van der Waals surface area contributed by atoms with Crippen LogP contribution < -0.4 is 0 Å². The summed E-state index contributed by atoms with van der Waals surface area (Å²) in [6.07, 6.45) is 1.29. The summed E-state index contributed by atoms with van der Waals surface area (Å²) in [7, 11) is 0. The molecule has 0 atom stereocenters. The Bertz CT molecular complexity index is 443. The van der Waals surface area contributed by atoms with Crippen LogP contribution in [0, 0.1) is 12.3 Å². The van der Waals surface area contributed by atoms with Crippen LogP contribution in [0.4, 0.5) is 13.2 Å². The Morgan fingerprint density at radius 1 is 1.29 bits per heavy atom. The van der Waals surface area contributed by atoms with Crippen molar-refractivity contribution in [3.8, 4) is 12.3 Å². The lowest BCUT2D eigenvalue weighted by atomic mass is 10.3. The van der Waals surface area contributed by atoms with Gasteiger partial charge in [0.25, 0.3) is 0 Å². The van der Waals surface area contributed by atoms with Crippen LogP contribution in [0.2, 0.25) is 0 Å². The highest BCUT2D eigenvalue weighted by Gasteiger charge is 2.39. The molecule has 2 rings (SSSR count). The van der Waals surface area contributed by atoms with E-state index in [1.54, 1.807) is 0 Å². The van der Waals surface area contributed by atoms with Gasteiger partial charge in [0, 0.05) is 26.1 Å². The summed E-state index contributed by atoms with van der Waals surface area (Å²) in [5, 5.41) is 6.79. The predicted molar refractivity (Wildman–Crippen MR) is 53.8 cm³/mol. The normalized spacial score (nSPS) is 16.6. The Balaban J connectivity index is 2.14. The first-order valence-corrected chi connectivity index (χ1v) is 5.17. The van der Waals surface area contributed by atoms with Gasteiger partial charge in [-0.15, -0.1) is 22.5 Å². The molecular formula is C10H11F3N4. The van der Waals surface area contributed by atoms with Gasteiger partial charge in [-0.2, -0.15) is 13.2 Å². The highest BCUT2D eigenvalue weighted by Crippen LogP contribution is 2.29. The summed E-state index contributed by atoms with van der Waals surface area (Å²) in [6.45, 7) is 1.83. The van der Waals surface area contributed by atoms with E-state index in [1.807, 2.05) is 4.90 Å². The fourth-order valence-corrected chi connectivity index (χ4v) is 1.83. The van der Waals surface area contributed by atoms with E-state index in [1.165, 1.54) is 0 Å². The van der Waals surface area contributed by atoms with Crippen LogP contribution in [0.15, 0.2) is 0 Å². The molecule has 1 aliphatic heterocycles. The minimum absolute atomic E-state index is 0.252. The molecule has 0 saturated carbocycles. The van der Waals surface area contributed by atoms with Crippen LogP contribution >= 0.6 is 0 Å². The quantitative estimate of drug-likeness (QED) is 0.731. The van der Waals surface area contributed by atoms with Crippen molar-refractivity contribution in [3.63, 3.8) is 0 Å². The van der Waals surface area contributed by atoms with Crippen molar-refractivity contribution in [2.24, 2.45) is 0 Å². The molecule has 17 heavy (non-hydrogen) atoms. The van der Waals surface area contributed by atoms with Gasteiger partial charge in [0.05, 0.1) is 6.54 Å². The number of fused-ring (bicyclic) bond motifs is 1. The van der Waals surface area contributed by atoms with E-state index in [4.69, 9.17) is 6.42 Å². The van der Waals surface area contributed by atoms with Gasteiger partial charge in [-0.1, -0.05) is 0 Å². The number of halogens is 3. The summed E-state index contributed by atoms with van der Waals surface area (Å²) in [5.74, 6) is 1.94. The molecule has 0 bridgehead atoms. The molecule has 0 unspecified atom stereocenters. The van der Waals surface area contributed by atoms with E-state index < -0.39 is 12.0 Å². The van der Waals surface area contributed by atoms with E-state index in [0.29, 0.717) is 31.9 Å². The van der Waals surface area contributed by atoms with E-state index in [9.17, 15) is 13.2 Å². The summed E-state index contributed by atoms with van der Waals surface area (Å²) < 4.78 is 38.8. The second kappa shape index (κ2) is 4.37. The van der Waals surface area contributed by atoms with E-state index >= 15 is 0 Å². The monoisotopic (exact) mass is 244 g/mol. The number of nitrogens with zero attached hydrogens (tertiary/aromatic N) is 4. The average molecular weight is 244 g/mol. The molecule has 2 heterocycles. The molecule has 92 valence electrons. The van der Waals surface area contributed by atoms with E-state index in [0.717, 1.165) is 4.57 Å². The molecule has 1 aromatic heterocycles. The third-order valence-electron chi connectivity index (χ3n) is 2.66. The van der Waals surface area contributed by atoms with E-state index in [2.05, 4.69) is 16.1 Å². The molecule has 0 saturated heterocycles. The highest BCUT2D eigenvalue weighted by molar-refractivity contribution is 5.02. The fourth-order valence-electron chi connectivity index (χ4n) is 1.83. The van der Waals surface area contributed by atoms with Crippen LogP contribution in [-0.2, 0) is 19.3 Å². The number of aromatic nitrogens is 3. The maximum Gasteiger partial charge on any atom is 0.451 e. The zero-order valence-electron chi connectivity index (χ0n) is 9.04. The van der Waals surface area contributed by atoms with Crippen LogP contribution in [0.3, 0.4) is 0 Å². The third-order valence-corrected chi connectivity index (χ3v) is 2.66. The number of rotatable bonds is 2. The molecule has 1 aromatic rings. The molecular weight excluding hydrogens is 233 g/mol. The second-order valence-corrected chi connectivity index (χ2v) is 3.82. The van der Waals surface area contributed by atoms with Crippen LogP contribution in [0.1, 0.15) is 18.1 Å². The Morgan fingerprint density at radius 3 is 2.71 bits per heavy atom. The standard InChI is InChI=1S/C10H11F3N4/c1-2-3-4-16-5-6-17-8(7-16)14-15-9(17)10(11,12)13/h1H,3-7H2. The number of hydrogen-bond donors (Lipinski definition) is 0. The molecule has 0 amide bonds. The van der Waals surface area contributed by atoms with Crippen molar-refractivity contribution >= 4 is 0 Å². The van der Waals surface area contributed by atoms with Crippen LogP contribution in [-0.4, -0.2) is 32.8 Å². The second-order valence-electron chi connectivity index (χ2n) is 3.82. The smallest absolute Gasteiger partial charge is 0.305 e. The van der Waals surface area contributed by atoms with Gasteiger partial charge in [-0.3, -0.25) is 4.90 Å². The molecule has 0 N–H and O–H groups in total. The Kier molecular flexibility index (Phi) is 3.07. The average Bonchev–Trinajstić information content (AvgIpc) is 2.68. The summed E-state index contributed by atoms with van der Waals surface area (Å²) in [5.41, 5.74) is 0. The molecule has 1 aliphatic rings. The predicted octanol–water partition coefficient (Wildman–Crippen LogP) is 1.14. The highest BCUT2D eigenvalue weighted by atomic mass is 19.4. The van der Waals surface area contributed by atoms with Crippen molar-refractivity contribution in [2.45, 2.75) is 25.7 Å². The Labute approximate surface area is 96.4 Å². The molecule has 7 heteroatoms. The maximum absolute atomic E-state index is 12.5. The van der Waals surface area contributed by atoms with Crippen molar-refractivity contribution in [1.29, 1.82) is 0 Å². The van der Waals surface area contributed by atoms with Gasteiger partial charge >= 0.3 is 6.18 Å². The van der Waals surface area contributed by atoms with Gasteiger partial charge < -0.3 is 4.57 Å².